The van der Waals surface area contributed by atoms with Crippen LogP contribution < -0.4 is 0 Å². The molecule has 0 aliphatic carbocycles. The zero-order valence-corrected chi connectivity index (χ0v) is 10.6. The van der Waals surface area contributed by atoms with E-state index in [1.807, 2.05) is 4.90 Å². The quantitative estimate of drug-likeness (QED) is 0.526. The Bertz CT molecular complexity index is 208. The highest BCUT2D eigenvalue weighted by Gasteiger charge is 2.32. The van der Waals surface area contributed by atoms with Crippen LogP contribution in [0.5, 0.6) is 0 Å². The van der Waals surface area contributed by atoms with Gasteiger partial charge < -0.3 is 4.90 Å². The van der Waals surface area contributed by atoms with Crippen LogP contribution in [-0.4, -0.2) is 29.3 Å². The molecule has 1 fully saturated rings. The maximum Gasteiger partial charge on any atom is 0.222 e. The summed E-state index contributed by atoms with van der Waals surface area (Å²) in [4.78, 5) is 13.9. The van der Waals surface area contributed by atoms with E-state index in [9.17, 15) is 4.79 Å². The van der Waals surface area contributed by atoms with Gasteiger partial charge in [0.15, 0.2) is 0 Å². The standard InChI is InChI=1S/C12H22ClNO/c1-3-4-5-6-12(15)14-8-7-10(2)11(14)9-13/h10-11H,3-9H2,1-2H3. The number of carbonyl (C=O) groups is 1. The summed E-state index contributed by atoms with van der Waals surface area (Å²) in [5.41, 5.74) is 0. The predicted molar refractivity (Wildman–Crippen MR) is 64.1 cm³/mol. The second-order valence-corrected chi connectivity index (χ2v) is 4.84. The number of halogens is 1. The zero-order chi connectivity index (χ0) is 11.3. The molecule has 1 heterocycles. The average Bonchev–Trinajstić information content (AvgIpc) is 2.59. The molecule has 0 aromatic carbocycles. The lowest BCUT2D eigenvalue weighted by Gasteiger charge is -2.25. The van der Waals surface area contributed by atoms with E-state index in [4.69, 9.17) is 11.6 Å². The molecule has 1 rings (SSSR count). The average molecular weight is 232 g/mol. The summed E-state index contributed by atoms with van der Waals surface area (Å²) in [5, 5.41) is 0. The second kappa shape index (κ2) is 6.37. The molecule has 1 aliphatic rings. The smallest absolute Gasteiger partial charge is 0.222 e. The van der Waals surface area contributed by atoms with E-state index >= 15 is 0 Å². The van der Waals surface area contributed by atoms with Crippen molar-refractivity contribution in [3.63, 3.8) is 0 Å². The Morgan fingerprint density at radius 3 is 2.80 bits per heavy atom. The molecule has 0 saturated carbocycles. The molecule has 0 N–H and O–H groups in total. The molecule has 2 unspecified atom stereocenters. The van der Waals surface area contributed by atoms with Gasteiger partial charge >= 0.3 is 0 Å². The molecule has 2 atom stereocenters. The van der Waals surface area contributed by atoms with Crippen LogP contribution in [0.15, 0.2) is 0 Å². The highest BCUT2D eigenvalue weighted by Crippen LogP contribution is 2.25. The summed E-state index contributed by atoms with van der Waals surface area (Å²) in [5.74, 6) is 1.46. The minimum absolute atomic E-state index is 0.279. The van der Waals surface area contributed by atoms with Crippen LogP contribution in [-0.2, 0) is 4.79 Å². The number of hydrogen-bond acceptors (Lipinski definition) is 1. The van der Waals surface area contributed by atoms with Crippen molar-refractivity contribution >= 4 is 17.5 Å². The van der Waals surface area contributed by atoms with Gasteiger partial charge in [-0.25, -0.2) is 0 Å². The van der Waals surface area contributed by atoms with Crippen molar-refractivity contribution in [1.82, 2.24) is 4.90 Å². The molecule has 3 heteroatoms. The molecule has 1 saturated heterocycles. The van der Waals surface area contributed by atoms with Gasteiger partial charge in [-0.1, -0.05) is 26.7 Å². The van der Waals surface area contributed by atoms with Gasteiger partial charge in [-0.15, -0.1) is 11.6 Å². The maximum absolute atomic E-state index is 11.9. The number of unbranched alkanes of at least 4 members (excludes halogenated alkanes) is 2. The van der Waals surface area contributed by atoms with Crippen LogP contribution >= 0.6 is 11.6 Å². The number of hydrogen-bond donors (Lipinski definition) is 0. The van der Waals surface area contributed by atoms with Crippen molar-refractivity contribution in [3.8, 4) is 0 Å². The normalized spacial score (nSPS) is 25.9. The van der Waals surface area contributed by atoms with Gasteiger partial charge in [-0.3, -0.25) is 4.79 Å². The number of alkyl halides is 1. The molecule has 0 spiro atoms. The van der Waals surface area contributed by atoms with Crippen molar-refractivity contribution < 1.29 is 4.79 Å². The summed E-state index contributed by atoms with van der Waals surface area (Å²) >= 11 is 5.91. The highest BCUT2D eigenvalue weighted by atomic mass is 35.5. The Labute approximate surface area is 98.0 Å². The molecule has 1 amide bonds. The first kappa shape index (κ1) is 12.8. The predicted octanol–water partition coefficient (Wildman–Crippen LogP) is 3.04. The van der Waals surface area contributed by atoms with Crippen molar-refractivity contribution in [2.24, 2.45) is 5.92 Å². The van der Waals surface area contributed by atoms with Gasteiger partial charge in [0.1, 0.15) is 0 Å². The molecule has 0 aromatic heterocycles. The molecule has 0 bridgehead atoms. The summed E-state index contributed by atoms with van der Waals surface area (Å²) in [6.07, 6.45) is 5.16. The summed E-state index contributed by atoms with van der Waals surface area (Å²) in [7, 11) is 0. The third-order valence-corrected chi connectivity index (χ3v) is 3.67. The maximum atomic E-state index is 11.9. The van der Waals surface area contributed by atoms with E-state index in [1.54, 1.807) is 0 Å². The number of carbonyl (C=O) groups excluding carboxylic acids is 1. The second-order valence-electron chi connectivity index (χ2n) is 4.53. The minimum atomic E-state index is 0.279. The largest absolute Gasteiger partial charge is 0.338 e. The Kier molecular flexibility index (Phi) is 5.44. The van der Waals surface area contributed by atoms with Crippen LogP contribution in [0.2, 0.25) is 0 Å². The fraction of sp³-hybridized carbons (Fsp3) is 0.917. The zero-order valence-electron chi connectivity index (χ0n) is 9.84. The fourth-order valence-electron chi connectivity index (χ4n) is 2.22. The van der Waals surface area contributed by atoms with Gasteiger partial charge in [0.05, 0.1) is 0 Å². The summed E-state index contributed by atoms with van der Waals surface area (Å²) in [6.45, 7) is 5.25. The molecule has 2 nitrogen and oxygen atoms in total. The van der Waals surface area contributed by atoms with Gasteiger partial charge in [-0.2, -0.15) is 0 Å². The third kappa shape index (κ3) is 3.37. The van der Waals surface area contributed by atoms with Gasteiger partial charge in [0.2, 0.25) is 5.91 Å². The van der Waals surface area contributed by atoms with E-state index in [1.165, 1.54) is 6.42 Å². The lowest BCUT2D eigenvalue weighted by Crippen LogP contribution is -2.38. The molecule has 15 heavy (non-hydrogen) atoms. The van der Waals surface area contributed by atoms with Crippen LogP contribution in [0.25, 0.3) is 0 Å². The van der Waals surface area contributed by atoms with Crippen LogP contribution in [0.3, 0.4) is 0 Å². The van der Waals surface area contributed by atoms with Crippen LogP contribution in [0.4, 0.5) is 0 Å². The summed E-state index contributed by atoms with van der Waals surface area (Å²) in [6, 6.07) is 0.279. The summed E-state index contributed by atoms with van der Waals surface area (Å²) < 4.78 is 0. The van der Waals surface area contributed by atoms with E-state index in [0.717, 1.165) is 25.8 Å². The minimum Gasteiger partial charge on any atom is -0.338 e. The SMILES string of the molecule is CCCCCC(=O)N1CCC(C)C1CCl. The molecular weight excluding hydrogens is 210 g/mol. The van der Waals surface area contributed by atoms with Crippen molar-refractivity contribution in [2.75, 3.05) is 12.4 Å². The molecule has 0 aromatic rings. The van der Waals surface area contributed by atoms with E-state index in [-0.39, 0.29) is 6.04 Å². The van der Waals surface area contributed by atoms with Crippen molar-refractivity contribution in [3.05, 3.63) is 0 Å². The molecular formula is C12H22ClNO. The Hall–Kier alpha value is -0.240. The topological polar surface area (TPSA) is 20.3 Å². The molecule has 0 radical (unpaired) electrons. The van der Waals surface area contributed by atoms with Gasteiger partial charge in [0, 0.05) is 24.9 Å². The first-order chi connectivity index (χ1) is 7.20. The van der Waals surface area contributed by atoms with Gasteiger partial charge in [0.25, 0.3) is 0 Å². The van der Waals surface area contributed by atoms with Crippen molar-refractivity contribution in [2.45, 2.75) is 52.0 Å². The fourth-order valence-corrected chi connectivity index (χ4v) is 2.69. The molecule has 1 aliphatic heterocycles. The monoisotopic (exact) mass is 231 g/mol. The van der Waals surface area contributed by atoms with E-state index in [2.05, 4.69) is 13.8 Å². The first-order valence-corrected chi connectivity index (χ1v) is 6.59. The lowest BCUT2D eigenvalue weighted by atomic mass is 10.0. The van der Waals surface area contributed by atoms with E-state index < -0.39 is 0 Å². The van der Waals surface area contributed by atoms with Crippen LogP contribution in [0, 0.1) is 5.92 Å². The van der Waals surface area contributed by atoms with Crippen LogP contribution in [0.1, 0.15) is 46.0 Å². The van der Waals surface area contributed by atoms with E-state index in [0.29, 0.717) is 24.1 Å². The molecule has 88 valence electrons. The Balaban J connectivity index is 2.38. The number of nitrogens with zero attached hydrogens (tertiary/aromatic N) is 1. The van der Waals surface area contributed by atoms with Crippen molar-refractivity contribution in [1.29, 1.82) is 0 Å². The van der Waals surface area contributed by atoms with Gasteiger partial charge in [-0.05, 0) is 18.8 Å². The highest BCUT2D eigenvalue weighted by molar-refractivity contribution is 6.18. The lowest BCUT2D eigenvalue weighted by molar-refractivity contribution is -0.132. The first-order valence-electron chi connectivity index (χ1n) is 6.06. The number of rotatable bonds is 5. The number of amides is 1. The Morgan fingerprint density at radius 1 is 1.47 bits per heavy atom. The number of likely N-dealkylation sites (tertiary alicyclic amines) is 1. The third-order valence-electron chi connectivity index (χ3n) is 3.36. The Morgan fingerprint density at radius 2 is 2.20 bits per heavy atom.